The van der Waals surface area contributed by atoms with Crippen molar-refractivity contribution in [1.82, 2.24) is 0 Å². The molecule has 0 unspecified atom stereocenters. The summed E-state index contributed by atoms with van der Waals surface area (Å²) in [6.07, 6.45) is 0. The molecule has 1 aliphatic heterocycles. The predicted octanol–water partition coefficient (Wildman–Crippen LogP) is 2.29. The molecule has 2 aromatic rings. The van der Waals surface area contributed by atoms with Crippen molar-refractivity contribution in [2.24, 2.45) is 0 Å². The third-order valence-electron chi connectivity index (χ3n) is 3.98. The molecule has 0 aliphatic carbocycles. The molecule has 3 rings (SSSR count). The second-order valence-electron chi connectivity index (χ2n) is 6.17. The zero-order chi connectivity index (χ0) is 20.8. The highest BCUT2D eigenvalue weighted by Gasteiger charge is 2.32. The first-order valence-corrected chi connectivity index (χ1v) is 8.74. The van der Waals surface area contributed by atoms with Crippen molar-refractivity contribution in [3.05, 3.63) is 71.6 Å². The predicted molar refractivity (Wildman–Crippen MR) is 104 cm³/mol. The van der Waals surface area contributed by atoms with Gasteiger partial charge in [0.15, 0.2) is 24.6 Å². The number of benzene rings is 2. The molecule has 0 saturated heterocycles. The Morgan fingerprint density at radius 1 is 1.03 bits per heavy atom. The summed E-state index contributed by atoms with van der Waals surface area (Å²) in [5.41, 5.74) is 1.19. The van der Waals surface area contributed by atoms with E-state index in [2.05, 4.69) is 10.6 Å². The fraction of sp³-hybridized carbons (Fsp3) is 0.143. The van der Waals surface area contributed by atoms with Gasteiger partial charge in [-0.15, -0.1) is 0 Å². The fourth-order valence-electron chi connectivity index (χ4n) is 2.58. The lowest BCUT2D eigenvalue weighted by molar-refractivity contribution is -0.144. The Labute approximate surface area is 166 Å². The van der Waals surface area contributed by atoms with E-state index in [0.717, 1.165) is 0 Å². The Bertz CT molecular complexity index is 997. The molecule has 1 aliphatic rings. The van der Waals surface area contributed by atoms with Gasteiger partial charge in [0.05, 0.1) is 0 Å². The quantitative estimate of drug-likeness (QED) is 0.421. The van der Waals surface area contributed by atoms with Crippen LogP contribution in [-0.2, 0) is 23.9 Å². The third-order valence-corrected chi connectivity index (χ3v) is 3.98. The minimum Gasteiger partial charge on any atom is -0.470 e. The topological polar surface area (TPSA) is 111 Å². The molecule has 0 radical (unpaired) electrons. The molecule has 8 nitrogen and oxygen atoms in total. The zero-order valence-electron chi connectivity index (χ0n) is 15.6. The number of amides is 1. The number of anilines is 2. The van der Waals surface area contributed by atoms with Crippen molar-refractivity contribution in [2.45, 2.75) is 6.92 Å². The van der Waals surface area contributed by atoms with E-state index < -0.39 is 24.3 Å². The van der Waals surface area contributed by atoms with Crippen LogP contribution < -0.4 is 10.6 Å². The highest BCUT2D eigenvalue weighted by atomic mass is 16.5. The van der Waals surface area contributed by atoms with Crippen molar-refractivity contribution in [2.75, 3.05) is 23.8 Å². The molecule has 148 valence electrons. The molecular formula is C21H18N2O6. The summed E-state index contributed by atoms with van der Waals surface area (Å²) in [7, 11) is 0. The van der Waals surface area contributed by atoms with E-state index in [-0.39, 0.29) is 23.8 Å². The maximum absolute atomic E-state index is 12.3. The maximum Gasteiger partial charge on any atom is 0.347 e. The van der Waals surface area contributed by atoms with Crippen LogP contribution in [0.1, 0.15) is 17.3 Å². The molecule has 0 bridgehead atoms. The lowest BCUT2D eigenvalue weighted by atomic mass is 10.1. The van der Waals surface area contributed by atoms with E-state index in [1.54, 1.807) is 42.5 Å². The van der Waals surface area contributed by atoms with Gasteiger partial charge in [0.25, 0.3) is 5.91 Å². The molecule has 0 aromatic heterocycles. The number of ether oxygens (including phenoxy) is 2. The van der Waals surface area contributed by atoms with Crippen LogP contribution in [0.2, 0.25) is 0 Å². The van der Waals surface area contributed by atoms with Crippen molar-refractivity contribution in [3.63, 3.8) is 0 Å². The summed E-state index contributed by atoms with van der Waals surface area (Å²) in [5, 5.41) is 5.38. The van der Waals surface area contributed by atoms with Crippen LogP contribution in [0.25, 0.3) is 0 Å². The van der Waals surface area contributed by atoms with Gasteiger partial charge in [-0.2, -0.15) is 0 Å². The molecule has 0 saturated carbocycles. The van der Waals surface area contributed by atoms with Crippen molar-refractivity contribution in [3.8, 4) is 0 Å². The van der Waals surface area contributed by atoms with E-state index in [1.807, 2.05) is 6.07 Å². The van der Waals surface area contributed by atoms with Gasteiger partial charge in [0.1, 0.15) is 0 Å². The Morgan fingerprint density at radius 3 is 2.48 bits per heavy atom. The summed E-state index contributed by atoms with van der Waals surface area (Å²) < 4.78 is 10.2. The zero-order valence-corrected chi connectivity index (χ0v) is 15.6. The first kappa shape index (κ1) is 19.8. The minimum absolute atomic E-state index is 0.0132. The number of para-hydroxylation sites is 1. The second-order valence-corrected chi connectivity index (χ2v) is 6.17. The lowest BCUT2D eigenvalue weighted by Crippen LogP contribution is -2.24. The molecule has 0 spiro atoms. The number of rotatable bonds is 7. The van der Waals surface area contributed by atoms with Crippen molar-refractivity contribution in [1.29, 1.82) is 0 Å². The van der Waals surface area contributed by atoms with Gasteiger partial charge in [0.2, 0.25) is 11.7 Å². The van der Waals surface area contributed by atoms with Gasteiger partial charge < -0.3 is 20.1 Å². The van der Waals surface area contributed by atoms with E-state index in [4.69, 9.17) is 9.47 Å². The summed E-state index contributed by atoms with van der Waals surface area (Å²) in [6.45, 7) is 0.528. The Kier molecular flexibility index (Phi) is 6.03. The molecule has 0 atom stereocenters. The average Bonchev–Trinajstić information content (AvgIpc) is 3.07. The van der Waals surface area contributed by atoms with Crippen LogP contribution in [0, 0.1) is 0 Å². The summed E-state index contributed by atoms with van der Waals surface area (Å²) in [5.74, 6) is -2.26. The van der Waals surface area contributed by atoms with E-state index >= 15 is 0 Å². The number of ketones is 2. The first-order valence-electron chi connectivity index (χ1n) is 8.74. The van der Waals surface area contributed by atoms with Crippen LogP contribution in [0.4, 0.5) is 11.4 Å². The van der Waals surface area contributed by atoms with Crippen molar-refractivity contribution < 1.29 is 28.7 Å². The first-order chi connectivity index (χ1) is 13.9. The van der Waals surface area contributed by atoms with E-state index in [9.17, 15) is 19.2 Å². The highest BCUT2D eigenvalue weighted by Crippen LogP contribution is 2.20. The summed E-state index contributed by atoms with van der Waals surface area (Å²) >= 11 is 0. The summed E-state index contributed by atoms with van der Waals surface area (Å²) in [4.78, 5) is 47.8. The van der Waals surface area contributed by atoms with Gasteiger partial charge >= 0.3 is 5.97 Å². The van der Waals surface area contributed by atoms with Gasteiger partial charge in [-0.25, -0.2) is 4.79 Å². The van der Waals surface area contributed by atoms with Crippen LogP contribution >= 0.6 is 0 Å². The Balaban J connectivity index is 1.62. The molecule has 2 aromatic carbocycles. The third kappa shape index (κ3) is 5.07. The van der Waals surface area contributed by atoms with Gasteiger partial charge in [0, 0.05) is 16.9 Å². The number of hydrogen-bond acceptors (Lipinski definition) is 7. The minimum atomic E-state index is -0.960. The van der Waals surface area contributed by atoms with E-state index in [0.29, 0.717) is 16.9 Å². The van der Waals surface area contributed by atoms with Crippen LogP contribution in [0.15, 0.2) is 66.1 Å². The van der Waals surface area contributed by atoms with Crippen molar-refractivity contribution >= 4 is 34.8 Å². The SMILES string of the molecule is CC(=O)c1cccc(NC(=O)COC(=O)C2=C(Nc3ccccc3)OCC2=O)c1. The number of nitrogens with one attached hydrogen (secondary N) is 2. The smallest absolute Gasteiger partial charge is 0.347 e. The van der Waals surface area contributed by atoms with Gasteiger partial charge in [-0.1, -0.05) is 30.3 Å². The monoisotopic (exact) mass is 394 g/mol. The highest BCUT2D eigenvalue weighted by molar-refractivity contribution is 6.20. The number of carbonyl (C=O) groups is 4. The maximum atomic E-state index is 12.3. The molecule has 0 fully saturated rings. The van der Waals surface area contributed by atoms with Crippen LogP contribution in [0.5, 0.6) is 0 Å². The average molecular weight is 394 g/mol. The molecule has 2 N–H and O–H groups in total. The normalized spacial score (nSPS) is 12.9. The van der Waals surface area contributed by atoms with E-state index in [1.165, 1.54) is 13.0 Å². The Morgan fingerprint density at radius 2 is 1.76 bits per heavy atom. The largest absolute Gasteiger partial charge is 0.470 e. The van der Waals surface area contributed by atoms with Crippen LogP contribution in [-0.4, -0.2) is 36.7 Å². The van der Waals surface area contributed by atoms with Crippen LogP contribution in [0.3, 0.4) is 0 Å². The fourth-order valence-corrected chi connectivity index (χ4v) is 2.58. The molecular weight excluding hydrogens is 376 g/mol. The van der Waals surface area contributed by atoms with Gasteiger partial charge in [-0.3, -0.25) is 14.4 Å². The Hall–Kier alpha value is -3.94. The molecule has 1 heterocycles. The number of carbonyl (C=O) groups excluding carboxylic acids is 4. The number of esters is 1. The lowest BCUT2D eigenvalue weighted by Gasteiger charge is -2.09. The van der Waals surface area contributed by atoms with Gasteiger partial charge in [-0.05, 0) is 31.2 Å². The molecule has 29 heavy (non-hydrogen) atoms. The number of hydrogen-bond donors (Lipinski definition) is 2. The summed E-state index contributed by atoms with van der Waals surface area (Å²) in [6, 6.07) is 15.2. The standard InChI is InChI=1S/C21H18N2O6/c1-13(24)14-6-5-9-16(10-14)22-18(26)12-29-21(27)19-17(25)11-28-20(19)23-15-7-3-2-4-8-15/h2-10,23H,11-12H2,1H3,(H,22,26). The molecule has 8 heteroatoms. The second kappa shape index (κ2) is 8.83. The number of Topliss-reactive ketones (excluding diaryl/α,β-unsaturated/α-hetero) is 2. The molecule has 1 amide bonds.